The van der Waals surface area contributed by atoms with Gasteiger partial charge in [0.1, 0.15) is 0 Å². The van der Waals surface area contributed by atoms with Crippen LogP contribution in [0.4, 0.5) is 0 Å². The summed E-state index contributed by atoms with van der Waals surface area (Å²) >= 11 is 0. The number of benzene rings is 1. The summed E-state index contributed by atoms with van der Waals surface area (Å²) in [6.07, 6.45) is 5.79. The molecule has 1 aromatic carbocycles. The Morgan fingerprint density at radius 1 is 1.27 bits per heavy atom. The monoisotopic (exact) mass is 225 g/mol. The molecule has 0 spiro atoms. The van der Waals surface area contributed by atoms with Crippen molar-refractivity contribution < 1.29 is 8.42 Å². The maximum absolute atomic E-state index is 10.7. The van der Waals surface area contributed by atoms with Gasteiger partial charge < -0.3 is 0 Å². The van der Waals surface area contributed by atoms with Crippen molar-refractivity contribution in [3.63, 3.8) is 0 Å². The molecule has 1 rings (SSSR count). The second-order valence-corrected chi connectivity index (χ2v) is 5.10. The predicted octanol–water partition coefficient (Wildman–Crippen LogP) is 1.64. The Balaban J connectivity index is 2.30. The zero-order valence-corrected chi connectivity index (χ0v) is 9.50. The molecule has 0 aliphatic rings. The summed E-state index contributed by atoms with van der Waals surface area (Å²) in [5.74, 6) is 0. The van der Waals surface area contributed by atoms with Gasteiger partial charge in [-0.3, -0.25) is 0 Å². The molecule has 0 heterocycles. The van der Waals surface area contributed by atoms with Crippen molar-refractivity contribution in [3.8, 4) is 0 Å². The van der Waals surface area contributed by atoms with E-state index in [1.54, 1.807) is 0 Å². The Hall–Kier alpha value is -1.13. The average molecular weight is 225 g/mol. The largest absolute Gasteiger partial charge is 0.215 e. The molecule has 1 aromatic rings. The number of nitrogens with one attached hydrogen (secondary N) is 1. The summed E-state index contributed by atoms with van der Waals surface area (Å²) < 4.78 is 23.9. The van der Waals surface area contributed by atoms with Gasteiger partial charge in [0.2, 0.25) is 10.0 Å². The minimum Gasteiger partial charge on any atom is -0.215 e. The summed E-state index contributed by atoms with van der Waals surface area (Å²) in [6.45, 7) is 0.447. The quantitative estimate of drug-likeness (QED) is 0.774. The molecule has 0 bridgehead atoms. The highest BCUT2D eigenvalue weighted by atomic mass is 32.2. The molecule has 0 saturated carbocycles. The molecular formula is C11H15NO2S. The Morgan fingerprint density at radius 2 is 1.93 bits per heavy atom. The fraction of sp³-hybridized carbons (Fsp3) is 0.273. The van der Waals surface area contributed by atoms with Crippen molar-refractivity contribution in [1.29, 1.82) is 0 Å². The highest BCUT2D eigenvalue weighted by Gasteiger charge is 1.96. The SMILES string of the molecule is CS(=O)(=O)NCC/C=C/c1ccccc1. The van der Waals surface area contributed by atoms with E-state index in [0.29, 0.717) is 13.0 Å². The van der Waals surface area contributed by atoms with Crippen molar-refractivity contribution in [2.75, 3.05) is 12.8 Å². The molecule has 82 valence electrons. The first kappa shape index (κ1) is 11.9. The zero-order chi connectivity index (χ0) is 11.1. The van der Waals surface area contributed by atoms with Crippen molar-refractivity contribution in [3.05, 3.63) is 42.0 Å². The molecule has 0 radical (unpaired) electrons. The van der Waals surface area contributed by atoms with Gasteiger partial charge in [-0.25, -0.2) is 13.1 Å². The minimum atomic E-state index is -3.05. The lowest BCUT2D eigenvalue weighted by molar-refractivity contribution is 0.588. The molecule has 0 fully saturated rings. The predicted molar refractivity (Wildman–Crippen MR) is 62.9 cm³/mol. The second kappa shape index (κ2) is 5.68. The second-order valence-electron chi connectivity index (χ2n) is 3.27. The van der Waals surface area contributed by atoms with E-state index in [9.17, 15) is 8.42 Å². The molecule has 4 heteroatoms. The maximum atomic E-state index is 10.7. The van der Waals surface area contributed by atoms with Crippen molar-refractivity contribution in [1.82, 2.24) is 4.72 Å². The Labute approximate surface area is 90.9 Å². The fourth-order valence-corrected chi connectivity index (χ4v) is 1.60. The van der Waals surface area contributed by atoms with E-state index in [2.05, 4.69) is 4.72 Å². The summed E-state index contributed by atoms with van der Waals surface area (Å²) in [5, 5.41) is 0. The number of rotatable bonds is 5. The van der Waals surface area contributed by atoms with Crippen molar-refractivity contribution >= 4 is 16.1 Å². The molecule has 15 heavy (non-hydrogen) atoms. The molecule has 0 aliphatic carbocycles. The van der Waals surface area contributed by atoms with Gasteiger partial charge in [0.05, 0.1) is 6.26 Å². The molecule has 0 aromatic heterocycles. The van der Waals surface area contributed by atoms with Crippen molar-refractivity contribution in [2.24, 2.45) is 0 Å². The van der Waals surface area contributed by atoms with Crippen LogP contribution in [0, 0.1) is 0 Å². The van der Waals surface area contributed by atoms with E-state index < -0.39 is 10.0 Å². The van der Waals surface area contributed by atoms with Crippen LogP contribution in [0.25, 0.3) is 6.08 Å². The van der Waals surface area contributed by atoms with Crippen LogP contribution in [0.15, 0.2) is 36.4 Å². The standard InChI is InChI=1S/C11H15NO2S/c1-15(13,14)12-10-6-5-9-11-7-3-2-4-8-11/h2-5,7-9,12H,6,10H2,1H3/b9-5+. The van der Waals surface area contributed by atoms with Gasteiger partial charge in [-0.05, 0) is 12.0 Å². The van der Waals surface area contributed by atoms with Gasteiger partial charge in [0.25, 0.3) is 0 Å². The van der Waals surface area contributed by atoms with Crippen LogP contribution in [-0.2, 0) is 10.0 Å². The summed E-state index contributed by atoms with van der Waals surface area (Å²) in [7, 11) is -3.05. The molecule has 0 aliphatic heterocycles. The van der Waals surface area contributed by atoms with Crippen molar-refractivity contribution in [2.45, 2.75) is 6.42 Å². The maximum Gasteiger partial charge on any atom is 0.208 e. The van der Waals surface area contributed by atoms with Gasteiger partial charge >= 0.3 is 0 Å². The molecule has 3 nitrogen and oxygen atoms in total. The fourth-order valence-electron chi connectivity index (χ4n) is 1.11. The molecular weight excluding hydrogens is 210 g/mol. The van der Waals surface area contributed by atoms with Gasteiger partial charge in [0, 0.05) is 6.54 Å². The normalized spacial score (nSPS) is 12.1. The number of hydrogen-bond donors (Lipinski definition) is 1. The average Bonchev–Trinajstić information content (AvgIpc) is 2.17. The van der Waals surface area contributed by atoms with Crippen LogP contribution in [0.3, 0.4) is 0 Å². The first-order chi connectivity index (χ1) is 7.08. The lowest BCUT2D eigenvalue weighted by Crippen LogP contribution is -2.22. The highest BCUT2D eigenvalue weighted by Crippen LogP contribution is 2.01. The molecule has 0 atom stereocenters. The first-order valence-electron chi connectivity index (χ1n) is 4.74. The third-order valence-electron chi connectivity index (χ3n) is 1.79. The Morgan fingerprint density at radius 3 is 2.53 bits per heavy atom. The third kappa shape index (κ3) is 6.04. The first-order valence-corrected chi connectivity index (χ1v) is 6.63. The Kier molecular flexibility index (Phi) is 4.52. The molecule has 0 amide bonds. The number of sulfonamides is 1. The van der Waals surface area contributed by atoms with Crippen LogP contribution in [0.5, 0.6) is 0 Å². The molecule has 0 unspecified atom stereocenters. The van der Waals surface area contributed by atoms with Crippen LogP contribution >= 0.6 is 0 Å². The number of hydrogen-bond acceptors (Lipinski definition) is 2. The topological polar surface area (TPSA) is 46.2 Å². The van der Waals surface area contributed by atoms with E-state index >= 15 is 0 Å². The minimum absolute atomic E-state index is 0.447. The van der Waals surface area contributed by atoms with Crippen LogP contribution in [0.2, 0.25) is 0 Å². The summed E-state index contributed by atoms with van der Waals surface area (Å²) in [6, 6.07) is 9.90. The van der Waals surface area contributed by atoms with E-state index in [-0.39, 0.29) is 0 Å². The zero-order valence-electron chi connectivity index (χ0n) is 8.68. The lowest BCUT2D eigenvalue weighted by Gasteiger charge is -1.97. The van der Waals surface area contributed by atoms with Crippen LogP contribution in [0.1, 0.15) is 12.0 Å². The van der Waals surface area contributed by atoms with Gasteiger partial charge in [-0.1, -0.05) is 42.5 Å². The summed E-state index contributed by atoms with van der Waals surface area (Å²) in [4.78, 5) is 0. The smallest absolute Gasteiger partial charge is 0.208 e. The van der Waals surface area contributed by atoms with E-state index in [4.69, 9.17) is 0 Å². The molecule has 0 saturated heterocycles. The lowest BCUT2D eigenvalue weighted by atomic mass is 10.2. The van der Waals surface area contributed by atoms with E-state index in [1.807, 2.05) is 42.5 Å². The molecule has 1 N–H and O–H groups in total. The van der Waals surface area contributed by atoms with Crippen LogP contribution < -0.4 is 4.72 Å². The van der Waals surface area contributed by atoms with Gasteiger partial charge in [-0.15, -0.1) is 0 Å². The van der Waals surface area contributed by atoms with E-state index in [0.717, 1.165) is 11.8 Å². The van der Waals surface area contributed by atoms with Gasteiger partial charge in [-0.2, -0.15) is 0 Å². The Bertz CT molecular complexity index is 409. The van der Waals surface area contributed by atoms with Crippen LogP contribution in [-0.4, -0.2) is 21.2 Å². The third-order valence-corrected chi connectivity index (χ3v) is 2.51. The summed E-state index contributed by atoms with van der Waals surface area (Å²) in [5.41, 5.74) is 1.12. The highest BCUT2D eigenvalue weighted by molar-refractivity contribution is 7.88. The van der Waals surface area contributed by atoms with Gasteiger partial charge in [0.15, 0.2) is 0 Å². The van der Waals surface area contributed by atoms with E-state index in [1.165, 1.54) is 0 Å².